The van der Waals surface area contributed by atoms with Crippen LogP contribution in [0.4, 0.5) is 14.6 Å². The SMILES string of the molecule is O=C(NCc1c(F)cccc1F)C1CCCN(c2ccc(-c3cccs3)nn2)C1. The maximum Gasteiger partial charge on any atom is 0.225 e. The van der Waals surface area contributed by atoms with E-state index in [9.17, 15) is 13.6 Å². The first-order chi connectivity index (χ1) is 14.1. The van der Waals surface area contributed by atoms with E-state index in [1.807, 2.05) is 34.5 Å². The Morgan fingerprint density at radius 1 is 1.14 bits per heavy atom. The van der Waals surface area contributed by atoms with Crippen molar-refractivity contribution in [2.75, 3.05) is 18.0 Å². The highest BCUT2D eigenvalue weighted by Crippen LogP contribution is 2.25. The number of rotatable bonds is 5. The molecule has 0 saturated carbocycles. The first kappa shape index (κ1) is 19.4. The number of nitrogens with one attached hydrogen (secondary N) is 1. The van der Waals surface area contributed by atoms with Gasteiger partial charge in [0, 0.05) is 25.2 Å². The summed E-state index contributed by atoms with van der Waals surface area (Å²) >= 11 is 1.60. The Labute approximate surface area is 171 Å². The summed E-state index contributed by atoms with van der Waals surface area (Å²) in [5.74, 6) is -1.06. The first-order valence-corrected chi connectivity index (χ1v) is 10.3. The Kier molecular flexibility index (Phi) is 5.80. The smallest absolute Gasteiger partial charge is 0.225 e. The number of benzene rings is 1. The molecule has 0 aliphatic carbocycles. The normalized spacial score (nSPS) is 16.6. The molecule has 1 aliphatic heterocycles. The van der Waals surface area contributed by atoms with E-state index in [4.69, 9.17) is 0 Å². The van der Waals surface area contributed by atoms with Gasteiger partial charge in [0.2, 0.25) is 5.91 Å². The maximum absolute atomic E-state index is 13.7. The van der Waals surface area contributed by atoms with Crippen molar-refractivity contribution in [3.8, 4) is 10.6 Å². The number of piperidine rings is 1. The molecule has 8 heteroatoms. The highest BCUT2D eigenvalue weighted by Gasteiger charge is 2.27. The van der Waals surface area contributed by atoms with Crippen LogP contribution in [0.3, 0.4) is 0 Å². The van der Waals surface area contributed by atoms with Gasteiger partial charge < -0.3 is 10.2 Å². The van der Waals surface area contributed by atoms with Gasteiger partial charge in [-0.05, 0) is 48.6 Å². The minimum Gasteiger partial charge on any atom is -0.354 e. The monoisotopic (exact) mass is 414 g/mol. The Morgan fingerprint density at radius 3 is 2.66 bits per heavy atom. The van der Waals surface area contributed by atoms with Crippen molar-refractivity contribution in [1.29, 1.82) is 0 Å². The number of carbonyl (C=O) groups is 1. The molecule has 5 nitrogen and oxygen atoms in total. The summed E-state index contributed by atoms with van der Waals surface area (Å²) in [5, 5.41) is 13.3. The number of hydrogen-bond donors (Lipinski definition) is 1. The van der Waals surface area contributed by atoms with Crippen molar-refractivity contribution in [2.24, 2.45) is 5.92 Å². The summed E-state index contributed by atoms with van der Waals surface area (Å²) in [6.45, 7) is 1.13. The van der Waals surface area contributed by atoms with Gasteiger partial charge in [0.05, 0.1) is 10.8 Å². The summed E-state index contributed by atoms with van der Waals surface area (Å²) in [5.41, 5.74) is 0.700. The van der Waals surface area contributed by atoms with Gasteiger partial charge in [0.15, 0.2) is 5.82 Å². The van der Waals surface area contributed by atoms with Gasteiger partial charge in [0.1, 0.15) is 17.3 Å². The predicted octanol–water partition coefficient (Wildman–Crippen LogP) is 4.02. The van der Waals surface area contributed by atoms with E-state index in [1.165, 1.54) is 18.2 Å². The summed E-state index contributed by atoms with van der Waals surface area (Å²) in [6, 6.07) is 11.5. The van der Waals surface area contributed by atoms with E-state index in [-0.39, 0.29) is 23.9 Å². The molecule has 1 amide bonds. The second kappa shape index (κ2) is 8.65. The molecule has 1 N–H and O–H groups in total. The molecule has 3 aromatic rings. The number of halogens is 2. The zero-order chi connectivity index (χ0) is 20.2. The lowest BCUT2D eigenvalue weighted by atomic mass is 9.97. The third kappa shape index (κ3) is 4.42. The van der Waals surface area contributed by atoms with Gasteiger partial charge in [-0.3, -0.25) is 4.79 Å². The number of hydrogen-bond acceptors (Lipinski definition) is 5. The highest BCUT2D eigenvalue weighted by atomic mass is 32.1. The quantitative estimate of drug-likeness (QED) is 0.685. The topological polar surface area (TPSA) is 58.1 Å². The number of amides is 1. The van der Waals surface area contributed by atoms with Crippen molar-refractivity contribution >= 4 is 23.1 Å². The van der Waals surface area contributed by atoms with E-state index in [1.54, 1.807) is 11.3 Å². The molecule has 1 aromatic carbocycles. The molecule has 1 fully saturated rings. The summed E-state index contributed by atoms with van der Waals surface area (Å²) < 4.78 is 27.5. The zero-order valence-electron chi connectivity index (χ0n) is 15.6. The second-order valence-electron chi connectivity index (χ2n) is 6.96. The average molecular weight is 414 g/mol. The standard InChI is InChI=1S/C21H20F2N4OS/c22-16-5-1-6-17(23)15(16)12-24-21(28)14-4-2-10-27(13-14)20-9-8-18(25-26-20)19-7-3-11-29-19/h1,3,5-9,11,14H,2,4,10,12-13H2,(H,24,28). The molecule has 1 atom stereocenters. The van der Waals surface area contributed by atoms with Gasteiger partial charge in [-0.1, -0.05) is 12.1 Å². The number of aromatic nitrogens is 2. The Hall–Kier alpha value is -2.87. The number of thiophene rings is 1. The van der Waals surface area contributed by atoms with Crippen LogP contribution in [0.5, 0.6) is 0 Å². The van der Waals surface area contributed by atoms with Gasteiger partial charge in [-0.2, -0.15) is 0 Å². The minimum absolute atomic E-state index is 0.122. The highest BCUT2D eigenvalue weighted by molar-refractivity contribution is 7.13. The molecule has 0 spiro atoms. The molecule has 1 saturated heterocycles. The van der Waals surface area contributed by atoms with Crippen molar-refractivity contribution in [3.63, 3.8) is 0 Å². The lowest BCUT2D eigenvalue weighted by molar-refractivity contribution is -0.125. The molecule has 4 rings (SSSR count). The fourth-order valence-corrected chi connectivity index (χ4v) is 4.16. The molecule has 0 bridgehead atoms. The van der Waals surface area contributed by atoms with Crippen LogP contribution in [0, 0.1) is 17.6 Å². The van der Waals surface area contributed by atoms with E-state index >= 15 is 0 Å². The second-order valence-corrected chi connectivity index (χ2v) is 7.90. The fourth-order valence-electron chi connectivity index (χ4n) is 3.47. The Bertz CT molecular complexity index is 959. The van der Waals surface area contributed by atoms with Crippen molar-refractivity contribution in [1.82, 2.24) is 15.5 Å². The van der Waals surface area contributed by atoms with Crippen LogP contribution in [-0.2, 0) is 11.3 Å². The molecule has 1 aliphatic rings. The van der Waals surface area contributed by atoms with Crippen LogP contribution >= 0.6 is 11.3 Å². The van der Waals surface area contributed by atoms with Gasteiger partial charge in [-0.15, -0.1) is 21.5 Å². The van der Waals surface area contributed by atoms with Crippen molar-refractivity contribution < 1.29 is 13.6 Å². The van der Waals surface area contributed by atoms with E-state index < -0.39 is 11.6 Å². The molecule has 0 radical (unpaired) electrons. The van der Waals surface area contributed by atoms with Crippen LogP contribution in [0.1, 0.15) is 18.4 Å². The molecular formula is C21H20F2N4OS. The van der Waals surface area contributed by atoms with Crippen molar-refractivity contribution in [3.05, 3.63) is 65.0 Å². The summed E-state index contributed by atoms with van der Waals surface area (Å²) in [7, 11) is 0. The third-order valence-corrected chi connectivity index (χ3v) is 5.93. The van der Waals surface area contributed by atoms with E-state index in [0.717, 1.165) is 35.8 Å². The molecule has 150 valence electrons. The lowest BCUT2D eigenvalue weighted by Crippen LogP contribution is -2.43. The first-order valence-electron chi connectivity index (χ1n) is 9.45. The number of nitrogens with zero attached hydrogens (tertiary/aromatic N) is 3. The van der Waals surface area contributed by atoms with Gasteiger partial charge in [0.25, 0.3) is 0 Å². The lowest BCUT2D eigenvalue weighted by Gasteiger charge is -2.32. The van der Waals surface area contributed by atoms with Crippen LogP contribution < -0.4 is 10.2 Å². The molecular weight excluding hydrogens is 394 g/mol. The number of carbonyl (C=O) groups excluding carboxylic acids is 1. The van der Waals surface area contributed by atoms with E-state index in [0.29, 0.717) is 6.54 Å². The number of anilines is 1. The van der Waals surface area contributed by atoms with E-state index in [2.05, 4.69) is 15.5 Å². The maximum atomic E-state index is 13.7. The third-order valence-electron chi connectivity index (χ3n) is 5.04. The fraction of sp³-hybridized carbons (Fsp3) is 0.286. The summed E-state index contributed by atoms with van der Waals surface area (Å²) in [6.07, 6.45) is 1.56. The Balaban J connectivity index is 1.38. The van der Waals surface area contributed by atoms with Crippen LogP contribution in [0.2, 0.25) is 0 Å². The van der Waals surface area contributed by atoms with Crippen molar-refractivity contribution in [2.45, 2.75) is 19.4 Å². The zero-order valence-corrected chi connectivity index (χ0v) is 16.5. The Morgan fingerprint density at radius 2 is 1.97 bits per heavy atom. The minimum atomic E-state index is -0.656. The predicted molar refractivity (Wildman–Crippen MR) is 108 cm³/mol. The molecule has 1 unspecified atom stereocenters. The van der Waals surface area contributed by atoms with Gasteiger partial charge >= 0.3 is 0 Å². The molecule has 3 heterocycles. The van der Waals surface area contributed by atoms with Gasteiger partial charge in [-0.25, -0.2) is 8.78 Å². The van der Waals surface area contributed by atoms with Crippen LogP contribution in [0.15, 0.2) is 47.8 Å². The molecule has 29 heavy (non-hydrogen) atoms. The summed E-state index contributed by atoms with van der Waals surface area (Å²) in [4.78, 5) is 15.6. The largest absolute Gasteiger partial charge is 0.354 e. The average Bonchev–Trinajstić information content (AvgIpc) is 3.28. The van der Waals surface area contributed by atoms with Crippen LogP contribution in [-0.4, -0.2) is 29.2 Å². The van der Waals surface area contributed by atoms with Crippen LogP contribution in [0.25, 0.3) is 10.6 Å². The molecule has 2 aromatic heterocycles.